The Hall–Kier alpha value is -2.48. The van der Waals surface area contributed by atoms with E-state index in [1.165, 1.54) is 17.1 Å². The van der Waals surface area contributed by atoms with Crippen LogP contribution in [-0.2, 0) is 17.8 Å². The zero-order valence-corrected chi connectivity index (χ0v) is 20.8. The van der Waals surface area contributed by atoms with E-state index in [-0.39, 0.29) is 18.0 Å². The molecule has 6 nitrogen and oxygen atoms in total. The summed E-state index contributed by atoms with van der Waals surface area (Å²) in [7, 11) is 0. The van der Waals surface area contributed by atoms with Crippen LogP contribution in [0.5, 0.6) is 0 Å². The fraction of sp³-hybridized carbons (Fsp3) is 0.423. The molecule has 1 aromatic heterocycles. The van der Waals surface area contributed by atoms with Crippen molar-refractivity contribution in [3.63, 3.8) is 0 Å². The van der Waals surface area contributed by atoms with Crippen LogP contribution in [0.15, 0.2) is 54.6 Å². The minimum absolute atomic E-state index is 0.133. The Morgan fingerprint density at radius 2 is 1.76 bits per heavy atom. The summed E-state index contributed by atoms with van der Waals surface area (Å²) < 4.78 is 4.55. The summed E-state index contributed by atoms with van der Waals surface area (Å²) >= 11 is 7.37. The number of nitrogens with zero attached hydrogens (tertiary/aromatic N) is 4. The number of likely N-dealkylation sites (tertiary alicyclic amines) is 1. The van der Waals surface area contributed by atoms with Crippen molar-refractivity contribution in [1.29, 1.82) is 0 Å². The number of rotatable bonds is 7. The molecular formula is C26H30ClN5OS. The van der Waals surface area contributed by atoms with Crippen molar-refractivity contribution in [1.82, 2.24) is 19.6 Å². The third kappa shape index (κ3) is 5.77. The summed E-state index contributed by atoms with van der Waals surface area (Å²) in [6, 6.07) is 18.5. The van der Waals surface area contributed by atoms with Gasteiger partial charge in [-0.05, 0) is 48.9 Å². The van der Waals surface area contributed by atoms with Gasteiger partial charge in [-0.25, -0.2) is 4.98 Å². The maximum Gasteiger partial charge on any atom is 0.243 e. The second kappa shape index (κ2) is 10.8. The molecule has 5 rings (SSSR count). The SMILES string of the molecule is O=C(NC1CCN(Cc2ccccc2)CC1)C1CCCN1c1nc(Cc2ccc(Cl)cc2)ns1. The monoisotopic (exact) mass is 495 g/mol. The number of carbonyl (C=O) groups is 1. The molecule has 2 aromatic carbocycles. The van der Waals surface area contributed by atoms with Crippen LogP contribution in [0.25, 0.3) is 0 Å². The van der Waals surface area contributed by atoms with E-state index in [2.05, 4.69) is 49.8 Å². The van der Waals surface area contributed by atoms with E-state index in [0.29, 0.717) is 6.42 Å². The van der Waals surface area contributed by atoms with Gasteiger partial charge in [-0.2, -0.15) is 4.37 Å². The lowest BCUT2D eigenvalue weighted by Crippen LogP contribution is -2.50. The van der Waals surface area contributed by atoms with Crippen molar-refractivity contribution in [2.45, 2.75) is 50.7 Å². The number of carbonyl (C=O) groups excluding carboxylic acids is 1. The smallest absolute Gasteiger partial charge is 0.243 e. The molecule has 0 radical (unpaired) electrons. The second-order valence-corrected chi connectivity index (χ2v) is 10.4. The first-order chi connectivity index (χ1) is 16.6. The van der Waals surface area contributed by atoms with Crippen molar-refractivity contribution in [3.05, 3.63) is 76.6 Å². The summed E-state index contributed by atoms with van der Waals surface area (Å²) in [5.74, 6) is 0.924. The molecule has 0 aliphatic carbocycles. The standard InChI is InChI=1S/C26H30ClN5OS/c27-21-10-8-19(9-11-21)17-24-29-26(34-30-24)32-14-4-7-23(32)25(33)28-22-12-15-31(16-13-22)18-20-5-2-1-3-6-20/h1-3,5-6,8-11,22-23H,4,7,12-18H2,(H,28,33). The predicted octanol–water partition coefficient (Wildman–Crippen LogP) is 4.53. The normalized spacial score (nSPS) is 19.4. The van der Waals surface area contributed by atoms with Crippen molar-refractivity contribution in [2.75, 3.05) is 24.5 Å². The second-order valence-electron chi connectivity index (χ2n) is 9.19. The fourth-order valence-electron chi connectivity index (χ4n) is 4.86. The average Bonchev–Trinajstić information content (AvgIpc) is 3.52. The molecule has 2 aliphatic heterocycles. The first kappa shape index (κ1) is 23.3. The largest absolute Gasteiger partial charge is 0.351 e. The number of piperidine rings is 1. The fourth-order valence-corrected chi connectivity index (χ4v) is 5.75. The van der Waals surface area contributed by atoms with Crippen molar-refractivity contribution in [2.24, 2.45) is 0 Å². The van der Waals surface area contributed by atoms with E-state index in [9.17, 15) is 4.79 Å². The molecule has 8 heteroatoms. The van der Waals surface area contributed by atoms with E-state index in [4.69, 9.17) is 16.6 Å². The van der Waals surface area contributed by atoms with E-state index in [0.717, 1.165) is 73.4 Å². The lowest BCUT2D eigenvalue weighted by molar-refractivity contribution is -0.123. The summed E-state index contributed by atoms with van der Waals surface area (Å²) in [5, 5.41) is 4.91. The van der Waals surface area contributed by atoms with Gasteiger partial charge >= 0.3 is 0 Å². The van der Waals surface area contributed by atoms with Crippen LogP contribution in [0.2, 0.25) is 5.02 Å². The number of hydrogen-bond donors (Lipinski definition) is 1. The lowest BCUT2D eigenvalue weighted by atomic mass is 10.0. The van der Waals surface area contributed by atoms with Gasteiger partial charge in [0.15, 0.2) is 0 Å². The highest BCUT2D eigenvalue weighted by Crippen LogP contribution is 2.28. The highest BCUT2D eigenvalue weighted by molar-refractivity contribution is 7.09. The Bertz CT molecular complexity index is 1080. The summed E-state index contributed by atoms with van der Waals surface area (Å²) in [6.45, 7) is 3.86. The molecule has 1 unspecified atom stereocenters. The molecule has 3 heterocycles. The van der Waals surface area contributed by atoms with Crippen LogP contribution in [0, 0.1) is 0 Å². The molecule has 1 amide bonds. The number of halogens is 1. The molecule has 0 saturated carbocycles. The Kier molecular flexibility index (Phi) is 7.42. The maximum absolute atomic E-state index is 13.2. The molecular weight excluding hydrogens is 466 g/mol. The molecule has 34 heavy (non-hydrogen) atoms. The van der Waals surface area contributed by atoms with Gasteiger partial charge in [-0.1, -0.05) is 54.1 Å². The van der Waals surface area contributed by atoms with Crippen molar-refractivity contribution >= 4 is 34.2 Å². The highest BCUT2D eigenvalue weighted by atomic mass is 35.5. The number of anilines is 1. The zero-order chi connectivity index (χ0) is 23.3. The topological polar surface area (TPSA) is 61.4 Å². The lowest BCUT2D eigenvalue weighted by Gasteiger charge is -2.33. The number of amides is 1. The molecule has 0 spiro atoms. The van der Waals surface area contributed by atoms with Crippen LogP contribution in [0.4, 0.5) is 5.13 Å². The van der Waals surface area contributed by atoms with Gasteiger partial charge in [-0.3, -0.25) is 9.69 Å². The van der Waals surface area contributed by atoms with Gasteiger partial charge in [0.1, 0.15) is 11.9 Å². The molecule has 1 N–H and O–H groups in total. The number of nitrogens with one attached hydrogen (secondary N) is 1. The van der Waals surface area contributed by atoms with E-state index >= 15 is 0 Å². The first-order valence-corrected chi connectivity index (χ1v) is 13.2. The van der Waals surface area contributed by atoms with Gasteiger partial charge in [0.2, 0.25) is 11.0 Å². The third-order valence-corrected chi connectivity index (χ3v) is 7.76. The zero-order valence-electron chi connectivity index (χ0n) is 19.2. The summed E-state index contributed by atoms with van der Waals surface area (Å²) in [5.41, 5.74) is 2.47. The van der Waals surface area contributed by atoms with E-state index in [1.807, 2.05) is 24.3 Å². The molecule has 0 bridgehead atoms. The third-order valence-electron chi connectivity index (χ3n) is 6.72. The molecule has 178 valence electrons. The highest BCUT2D eigenvalue weighted by Gasteiger charge is 2.34. The van der Waals surface area contributed by atoms with Gasteiger partial charge in [0.25, 0.3) is 0 Å². The Morgan fingerprint density at radius 3 is 2.53 bits per heavy atom. The van der Waals surface area contributed by atoms with Crippen LogP contribution >= 0.6 is 23.1 Å². The maximum atomic E-state index is 13.2. The van der Waals surface area contributed by atoms with Crippen molar-refractivity contribution in [3.8, 4) is 0 Å². The van der Waals surface area contributed by atoms with Gasteiger partial charge in [0, 0.05) is 55.2 Å². The number of benzene rings is 2. The minimum Gasteiger partial charge on any atom is -0.351 e. The molecule has 2 fully saturated rings. The van der Waals surface area contributed by atoms with Gasteiger partial charge in [0.05, 0.1) is 0 Å². The summed E-state index contributed by atoms with van der Waals surface area (Å²) in [4.78, 5) is 22.5. The van der Waals surface area contributed by atoms with Crippen LogP contribution in [0.1, 0.15) is 42.6 Å². The van der Waals surface area contributed by atoms with E-state index in [1.54, 1.807) is 0 Å². The van der Waals surface area contributed by atoms with Crippen molar-refractivity contribution < 1.29 is 4.79 Å². The quantitative estimate of drug-likeness (QED) is 0.521. The van der Waals surface area contributed by atoms with Crippen LogP contribution in [0.3, 0.4) is 0 Å². The molecule has 1 atom stereocenters. The Morgan fingerprint density at radius 1 is 1.00 bits per heavy atom. The number of hydrogen-bond acceptors (Lipinski definition) is 6. The van der Waals surface area contributed by atoms with Crippen LogP contribution < -0.4 is 10.2 Å². The van der Waals surface area contributed by atoms with E-state index < -0.39 is 0 Å². The predicted molar refractivity (Wildman–Crippen MR) is 137 cm³/mol. The van der Waals surface area contributed by atoms with Gasteiger partial charge < -0.3 is 10.2 Å². The molecule has 2 aliphatic rings. The van der Waals surface area contributed by atoms with Crippen LogP contribution in [-0.4, -0.2) is 51.9 Å². The Labute approximate surface area is 210 Å². The molecule has 3 aromatic rings. The average molecular weight is 496 g/mol. The number of aromatic nitrogens is 2. The Balaban J connectivity index is 1.13. The molecule has 2 saturated heterocycles. The summed E-state index contributed by atoms with van der Waals surface area (Å²) in [6.07, 6.45) is 4.52. The minimum atomic E-state index is -0.154. The first-order valence-electron chi connectivity index (χ1n) is 12.0. The van der Waals surface area contributed by atoms with Gasteiger partial charge in [-0.15, -0.1) is 0 Å².